The fourth-order valence-corrected chi connectivity index (χ4v) is 0.674. The summed E-state index contributed by atoms with van der Waals surface area (Å²) in [5.74, 6) is -0.872. The Bertz CT molecular complexity index is 138. The van der Waals surface area contributed by atoms with E-state index in [1.165, 1.54) is 6.08 Å². The third-order valence-corrected chi connectivity index (χ3v) is 1.33. The van der Waals surface area contributed by atoms with Crippen LogP contribution in [0.2, 0.25) is 0 Å². The minimum atomic E-state index is -0.872. The molecule has 1 heterocycles. The molecule has 1 saturated heterocycles. The number of carboxylic acids is 1. The van der Waals surface area contributed by atoms with Crippen molar-refractivity contribution < 1.29 is 9.90 Å². The molecule has 2 N–H and O–H groups in total. The van der Waals surface area contributed by atoms with Gasteiger partial charge in [-0.3, -0.25) is 0 Å². The zero-order chi connectivity index (χ0) is 6.69. The fraction of sp³-hybridized carbons (Fsp3) is 0.500. The smallest absolute Gasteiger partial charge is 0.328 e. The van der Waals surface area contributed by atoms with Gasteiger partial charge in [-0.25, -0.2) is 4.79 Å². The van der Waals surface area contributed by atoms with Gasteiger partial charge in [0.05, 0.1) is 0 Å². The lowest BCUT2D eigenvalue weighted by molar-refractivity contribution is -0.131. The highest BCUT2D eigenvalue weighted by Crippen LogP contribution is 2.01. The molecule has 0 aromatic rings. The molecule has 0 aliphatic carbocycles. The summed E-state index contributed by atoms with van der Waals surface area (Å²) in [6, 6.07) is 0.307. The molecule has 1 rings (SSSR count). The van der Waals surface area contributed by atoms with E-state index >= 15 is 0 Å². The summed E-state index contributed by atoms with van der Waals surface area (Å²) in [4.78, 5) is 9.93. The first kappa shape index (κ1) is 6.29. The number of nitrogens with one attached hydrogen (secondary N) is 1. The Morgan fingerprint density at radius 3 is 2.78 bits per heavy atom. The molecule has 3 heteroatoms. The second kappa shape index (κ2) is 2.64. The second-order valence-electron chi connectivity index (χ2n) is 2.05. The summed E-state index contributed by atoms with van der Waals surface area (Å²) in [7, 11) is 0. The summed E-state index contributed by atoms with van der Waals surface area (Å²) in [5.41, 5.74) is 0. The topological polar surface area (TPSA) is 49.3 Å². The summed E-state index contributed by atoms with van der Waals surface area (Å²) < 4.78 is 0. The van der Waals surface area contributed by atoms with Gasteiger partial charge in [0.1, 0.15) is 0 Å². The molecular weight excluding hydrogens is 118 g/mol. The first-order chi connectivity index (χ1) is 4.29. The van der Waals surface area contributed by atoms with Crippen molar-refractivity contribution in [1.29, 1.82) is 0 Å². The molecule has 1 fully saturated rings. The first-order valence-electron chi connectivity index (χ1n) is 2.93. The number of hydrogen-bond acceptors (Lipinski definition) is 2. The van der Waals surface area contributed by atoms with Crippen LogP contribution in [0.4, 0.5) is 0 Å². The van der Waals surface area contributed by atoms with Gasteiger partial charge in [0, 0.05) is 12.1 Å². The molecule has 3 nitrogen and oxygen atoms in total. The Hall–Kier alpha value is -0.830. The Balaban J connectivity index is 2.22. The number of rotatable bonds is 2. The van der Waals surface area contributed by atoms with E-state index in [1.807, 2.05) is 0 Å². The second-order valence-corrected chi connectivity index (χ2v) is 2.05. The molecule has 1 aliphatic heterocycles. The molecule has 0 spiro atoms. The van der Waals surface area contributed by atoms with Gasteiger partial charge in [-0.1, -0.05) is 6.08 Å². The van der Waals surface area contributed by atoms with Crippen LogP contribution in [0.5, 0.6) is 0 Å². The molecule has 50 valence electrons. The lowest BCUT2D eigenvalue weighted by atomic mass is 10.1. The van der Waals surface area contributed by atoms with Crippen LogP contribution in [0, 0.1) is 0 Å². The molecule has 1 atom stereocenters. The predicted molar refractivity (Wildman–Crippen MR) is 33.2 cm³/mol. The Morgan fingerprint density at radius 1 is 1.78 bits per heavy atom. The number of hydrogen-bond donors (Lipinski definition) is 2. The van der Waals surface area contributed by atoms with Crippen molar-refractivity contribution in [1.82, 2.24) is 5.32 Å². The van der Waals surface area contributed by atoms with Gasteiger partial charge < -0.3 is 10.4 Å². The molecule has 1 unspecified atom stereocenters. The quantitative estimate of drug-likeness (QED) is 0.513. The van der Waals surface area contributed by atoms with Gasteiger partial charge in [-0.2, -0.15) is 0 Å². The molecule has 0 amide bonds. The van der Waals surface area contributed by atoms with Crippen LogP contribution in [0.15, 0.2) is 12.2 Å². The molecule has 0 bridgehead atoms. The first-order valence-corrected chi connectivity index (χ1v) is 2.93. The number of aliphatic carboxylic acids is 1. The Morgan fingerprint density at radius 2 is 2.44 bits per heavy atom. The van der Waals surface area contributed by atoms with Crippen LogP contribution in [0.3, 0.4) is 0 Å². The summed E-state index contributed by atoms with van der Waals surface area (Å²) in [6.45, 7) is 1.01. The van der Waals surface area contributed by atoms with E-state index in [0.717, 1.165) is 13.0 Å². The van der Waals surface area contributed by atoms with E-state index in [4.69, 9.17) is 5.11 Å². The van der Waals surface area contributed by atoms with Crippen molar-refractivity contribution >= 4 is 5.97 Å². The van der Waals surface area contributed by atoms with Crippen LogP contribution >= 0.6 is 0 Å². The zero-order valence-electron chi connectivity index (χ0n) is 5.00. The van der Waals surface area contributed by atoms with E-state index in [-0.39, 0.29) is 0 Å². The van der Waals surface area contributed by atoms with Gasteiger partial charge in [0.25, 0.3) is 0 Å². The van der Waals surface area contributed by atoms with Gasteiger partial charge >= 0.3 is 5.97 Å². The summed E-state index contributed by atoms with van der Waals surface area (Å²) in [5, 5.41) is 11.2. The van der Waals surface area contributed by atoms with E-state index in [1.54, 1.807) is 6.08 Å². The minimum absolute atomic E-state index is 0.307. The SMILES string of the molecule is O=C(O)/C=C/C1CCN1. The fourth-order valence-electron chi connectivity index (χ4n) is 0.674. The molecule has 9 heavy (non-hydrogen) atoms. The lowest BCUT2D eigenvalue weighted by Crippen LogP contribution is -2.41. The van der Waals surface area contributed by atoms with E-state index in [9.17, 15) is 4.79 Å². The van der Waals surface area contributed by atoms with Crippen molar-refractivity contribution in [2.75, 3.05) is 6.54 Å². The average molecular weight is 127 g/mol. The van der Waals surface area contributed by atoms with Crippen molar-refractivity contribution in [3.05, 3.63) is 12.2 Å². The van der Waals surface area contributed by atoms with E-state index in [2.05, 4.69) is 5.32 Å². The molecular formula is C6H9NO2. The maximum Gasteiger partial charge on any atom is 0.328 e. The largest absolute Gasteiger partial charge is 0.478 e. The van der Waals surface area contributed by atoms with Crippen LogP contribution in [-0.4, -0.2) is 23.7 Å². The molecule has 0 saturated carbocycles. The van der Waals surface area contributed by atoms with Crippen molar-refractivity contribution in [2.24, 2.45) is 0 Å². The van der Waals surface area contributed by atoms with E-state index < -0.39 is 5.97 Å². The van der Waals surface area contributed by atoms with Crippen molar-refractivity contribution in [2.45, 2.75) is 12.5 Å². The maximum absolute atomic E-state index is 9.93. The van der Waals surface area contributed by atoms with Gasteiger partial charge in [-0.15, -0.1) is 0 Å². The third-order valence-electron chi connectivity index (χ3n) is 1.33. The van der Waals surface area contributed by atoms with Crippen LogP contribution in [0.1, 0.15) is 6.42 Å². The highest BCUT2D eigenvalue weighted by molar-refractivity contribution is 5.79. The van der Waals surface area contributed by atoms with Crippen LogP contribution < -0.4 is 5.32 Å². The molecule has 0 radical (unpaired) electrons. The third kappa shape index (κ3) is 1.85. The molecule has 1 aliphatic rings. The number of carbonyl (C=O) groups is 1. The monoisotopic (exact) mass is 127 g/mol. The summed E-state index contributed by atoms with van der Waals surface area (Å²) >= 11 is 0. The van der Waals surface area contributed by atoms with Crippen LogP contribution in [-0.2, 0) is 4.79 Å². The highest BCUT2D eigenvalue weighted by atomic mass is 16.4. The molecule has 0 aromatic heterocycles. The Kier molecular flexibility index (Phi) is 1.85. The van der Waals surface area contributed by atoms with E-state index in [0.29, 0.717) is 6.04 Å². The normalized spacial score (nSPS) is 26.0. The standard InChI is InChI=1S/C6H9NO2/c8-6(9)2-1-5-3-4-7-5/h1-2,5,7H,3-4H2,(H,8,9)/b2-1+. The van der Waals surface area contributed by atoms with Crippen molar-refractivity contribution in [3.8, 4) is 0 Å². The van der Waals surface area contributed by atoms with Gasteiger partial charge in [0.2, 0.25) is 0 Å². The Labute approximate surface area is 53.4 Å². The van der Waals surface area contributed by atoms with Gasteiger partial charge in [-0.05, 0) is 13.0 Å². The zero-order valence-corrected chi connectivity index (χ0v) is 5.00. The minimum Gasteiger partial charge on any atom is -0.478 e. The predicted octanol–water partition coefficient (Wildman–Crippen LogP) is -0.0109. The maximum atomic E-state index is 9.93. The average Bonchev–Trinajstić information content (AvgIpc) is 1.60. The van der Waals surface area contributed by atoms with Crippen molar-refractivity contribution in [3.63, 3.8) is 0 Å². The lowest BCUT2D eigenvalue weighted by Gasteiger charge is -2.23. The van der Waals surface area contributed by atoms with Crippen LogP contribution in [0.25, 0.3) is 0 Å². The van der Waals surface area contributed by atoms with Gasteiger partial charge in [0.15, 0.2) is 0 Å². The molecule has 0 aromatic carbocycles. The number of carboxylic acid groups (broad SMARTS) is 1. The highest BCUT2D eigenvalue weighted by Gasteiger charge is 2.11. The summed E-state index contributed by atoms with van der Waals surface area (Å²) in [6.07, 6.45) is 3.91.